The molecule has 4 heteroatoms. The van der Waals surface area contributed by atoms with Gasteiger partial charge < -0.3 is 10.4 Å². The van der Waals surface area contributed by atoms with Gasteiger partial charge in [0.2, 0.25) is 0 Å². The molecule has 3 nitrogen and oxygen atoms in total. The lowest BCUT2D eigenvalue weighted by Crippen LogP contribution is -2.44. The maximum Gasteiger partial charge on any atom is 0.0931 e. The zero-order chi connectivity index (χ0) is 11.4. The van der Waals surface area contributed by atoms with Crippen LogP contribution >= 0.6 is 11.6 Å². The van der Waals surface area contributed by atoms with Crippen LogP contribution in [-0.4, -0.2) is 42.7 Å². The normalized spacial score (nSPS) is 19.6. The highest BCUT2D eigenvalue weighted by molar-refractivity contribution is 6.31. The van der Waals surface area contributed by atoms with Crippen molar-refractivity contribution in [1.82, 2.24) is 10.2 Å². The van der Waals surface area contributed by atoms with Crippen molar-refractivity contribution in [2.75, 3.05) is 32.7 Å². The molecule has 1 aromatic rings. The number of piperazine rings is 1. The van der Waals surface area contributed by atoms with Gasteiger partial charge in [-0.25, -0.2) is 0 Å². The fourth-order valence-electron chi connectivity index (χ4n) is 1.98. The van der Waals surface area contributed by atoms with Crippen molar-refractivity contribution in [2.45, 2.75) is 6.10 Å². The van der Waals surface area contributed by atoms with Crippen molar-refractivity contribution >= 4 is 11.6 Å². The van der Waals surface area contributed by atoms with Crippen LogP contribution in [0.2, 0.25) is 5.02 Å². The molecule has 1 atom stereocenters. The molecule has 2 N–H and O–H groups in total. The highest BCUT2D eigenvalue weighted by Crippen LogP contribution is 2.23. The second-order valence-corrected chi connectivity index (χ2v) is 4.50. The minimum atomic E-state index is -0.494. The van der Waals surface area contributed by atoms with Gasteiger partial charge in [-0.1, -0.05) is 29.8 Å². The summed E-state index contributed by atoms with van der Waals surface area (Å²) in [6.45, 7) is 4.62. The summed E-state index contributed by atoms with van der Waals surface area (Å²) in [4.78, 5) is 2.25. The molecule has 2 rings (SSSR count). The average molecular weight is 241 g/mol. The van der Waals surface area contributed by atoms with Crippen molar-refractivity contribution in [1.29, 1.82) is 0 Å². The molecule has 0 bridgehead atoms. The minimum absolute atomic E-state index is 0.494. The highest BCUT2D eigenvalue weighted by atomic mass is 35.5. The summed E-state index contributed by atoms with van der Waals surface area (Å²) in [5, 5.41) is 14.0. The summed E-state index contributed by atoms with van der Waals surface area (Å²) in [5.41, 5.74) is 0.822. The van der Waals surface area contributed by atoms with Crippen LogP contribution in [0.3, 0.4) is 0 Å². The van der Waals surface area contributed by atoms with Gasteiger partial charge in [-0.15, -0.1) is 0 Å². The fourth-order valence-corrected chi connectivity index (χ4v) is 2.24. The van der Waals surface area contributed by atoms with Crippen LogP contribution in [0, 0.1) is 0 Å². The van der Waals surface area contributed by atoms with Crippen LogP contribution in [-0.2, 0) is 0 Å². The van der Waals surface area contributed by atoms with Gasteiger partial charge in [0.15, 0.2) is 0 Å². The fraction of sp³-hybridized carbons (Fsp3) is 0.500. The van der Waals surface area contributed by atoms with Gasteiger partial charge in [0.25, 0.3) is 0 Å². The van der Waals surface area contributed by atoms with Crippen LogP contribution in [0.1, 0.15) is 11.7 Å². The zero-order valence-electron chi connectivity index (χ0n) is 9.19. The van der Waals surface area contributed by atoms with Crippen molar-refractivity contribution < 1.29 is 5.11 Å². The van der Waals surface area contributed by atoms with E-state index in [1.807, 2.05) is 24.3 Å². The van der Waals surface area contributed by atoms with E-state index in [0.29, 0.717) is 11.6 Å². The molecule has 1 aliphatic heterocycles. The molecule has 0 unspecified atom stereocenters. The number of benzene rings is 1. The van der Waals surface area contributed by atoms with Gasteiger partial charge in [0.05, 0.1) is 6.10 Å². The van der Waals surface area contributed by atoms with Crippen LogP contribution in [0.15, 0.2) is 24.3 Å². The van der Waals surface area contributed by atoms with E-state index in [4.69, 9.17) is 11.6 Å². The highest BCUT2D eigenvalue weighted by Gasteiger charge is 2.17. The van der Waals surface area contributed by atoms with E-state index in [0.717, 1.165) is 31.7 Å². The number of hydrogen-bond acceptors (Lipinski definition) is 3. The van der Waals surface area contributed by atoms with Crippen molar-refractivity contribution in [3.63, 3.8) is 0 Å². The van der Waals surface area contributed by atoms with Gasteiger partial charge in [-0.2, -0.15) is 0 Å². The maximum atomic E-state index is 10.1. The Balaban J connectivity index is 1.96. The quantitative estimate of drug-likeness (QED) is 0.836. The van der Waals surface area contributed by atoms with Gasteiger partial charge >= 0.3 is 0 Å². The maximum absolute atomic E-state index is 10.1. The molecule has 0 aliphatic carbocycles. The van der Waals surface area contributed by atoms with Gasteiger partial charge in [-0.3, -0.25) is 4.90 Å². The molecule has 0 saturated carbocycles. The van der Waals surface area contributed by atoms with E-state index >= 15 is 0 Å². The predicted octanol–water partition coefficient (Wildman–Crippen LogP) is 1.28. The summed E-state index contributed by atoms with van der Waals surface area (Å²) in [7, 11) is 0. The third-order valence-electron chi connectivity index (χ3n) is 2.90. The molecule has 16 heavy (non-hydrogen) atoms. The van der Waals surface area contributed by atoms with E-state index in [9.17, 15) is 5.11 Å². The first-order chi connectivity index (χ1) is 7.77. The van der Waals surface area contributed by atoms with Gasteiger partial charge in [0.1, 0.15) is 0 Å². The number of nitrogens with one attached hydrogen (secondary N) is 1. The minimum Gasteiger partial charge on any atom is -0.387 e. The SMILES string of the molecule is O[C@@H](CN1CCNCC1)c1ccccc1Cl. The second kappa shape index (κ2) is 5.64. The Morgan fingerprint density at radius 3 is 2.69 bits per heavy atom. The molecule has 0 aromatic heterocycles. The van der Waals surface area contributed by atoms with Crippen LogP contribution in [0.5, 0.6) is 0 Å². The smallest absolute Gasteiger partial charge is 0.0931 e. The summed E-state index contributed by atoms with van der Waals surface area (Å²) in [6, 6.07) is 7.48. The first kappa shape index (κ1) is 11.9. The standard InChI is InChI=1S/C12H17ClN2O/c13-11-4-2-1-3-10(11)12(16)9-15-7-5-14-6-8-15/h1-4,12,14,16H,5-9H2/t12-/m0/s1. The molecule has 1 aromatic carbocycles. The third-order valence-corrected chi connectivity index (χ3v) is 3.25. The Labute approximate surface area is 101 Å². The monoisotopic (exact) mass is 240 g/mol. The molecular weight excluding hydrogens is 224 g/mol. The van der Waals surface area contributed by atoms with Crippen LogP contribution in [0.4, 0.5) is 0 Å². The third kappa shape index (κ3) is 2.95. The molecule has 0 radical (unpaired) electrons. The number of hydrogen-bond donors (Lipinski definition) is 2. The largest absolute Gasteiger partial charge is 0.387 e. The Morgan fingerprint density at radius 2 is 2.00 bits per heavy atom. The Bertz CT molecular complexity index is 340. The number of aliphatic hydroxyl groups is 1. The lowest BCUT2D eigenvalue weighted by atomic mass is 10.1. The molecule has 1 saturated heterocycles. The van der Waals surface area contributed by atoms with E-state index in [-0.39, 0.29) is 0 Å². The lowest BCUT2D eigenvalue weighted by molar-refractivity contribution is 0.106. The molecule has 1 aliphatic rings. The van der Waals surface area contributed by atoms with E-state index in [1.54, 1.807) is 0 Å². The van der Waals surface area contributed by atoms with Crippen molar-refractivity contribution in [3.05, 3.63) is 34.9 Å². The Kier molecular flexibility index (Phi) is 4.18. The number of aliphatic hydroxyl groups excluding tert-OH is 1. The molecule has 1 heterocycles. The van der Waals surface area contributed by atoms with Gasteiger partial charge in [0, 0.05) is 43.3 Å². The van der Waals surface area contributed by atoms with E-state index < -0.39 is 6.10 Å². The number of rotatable bonds is 3. The molecule has 0 spiro atoms. The Hall–Kier alpha value is -0.610. The van der Waals surface area contributed by atoms with E-state index in [2.05, 4.69) is 10.2 Å². The summed E-state index contributed by atoms with van der Waals surface area (Å²) in [5.74, 6) is 0. The van der Waals surface area contributed by atoms with Crippen molar-refractivity contribution in [3.8, 4) is 0 Å². The number of halogens is 1. The first-order valence-electron chi connectivity index (χ1n) is 5.63. The summed E-state index contributed by atoms with van der Waals surface area (Å²) < 4.78 is 0. The van der Waals surface area contributed by atoms with Crippen LogP contribution < -0.4 is 5.32 Å². The zero-order valence-corrected chi connectivity index (χ0v) is 9.95. The van der Waals surface area contributed by atoms with Gasteiger partial charge in [-0.05, 0) is 6.07 Å². The molecular formula is C12H17ClN2O. The second-order valence-electron chi connectivity index (χ2n) is 4.09. The van der Waals surface area contributed by atoms with Crippen molar-refractivity contribution in [2.24, 2.45) is 0 Å². The lowest BCUT2D eigenvalue weighted by Gasteiger charge is -2.29. The number of nitrogens with zero attached hydrogens (tertiary/aromatic N) is 1. The Morgan fingerprint density at radius 1 is 1.31 bits per heavy atom. The average Bonchev–Trinajstić information content (AvgIpc) is 2.31. The topological polar surface area (TPSA) is 35.5 Å². The number of β-amino-alcohol motifs (C(OH)–C–C–N with tert-alkyl or cyclic N) is 1. The summed E-state index contributed by atoms with van der Waals surface area (Å²) in [6.07, 6.45) is -0.494. The predicted molar refractivity (Wildman–Crippen MR) is 65.7 cm³/mol. The van der Waals surface area contributed by atoms with E-state index in [1.165, 1.54) is 0 Å². The van der Waals surface area contributed by atoms with Crippen LogP contribution in [0.25, 0.3) is 0 Å². The molecule has 0 amide bonds. The molecule has 1 fully saturated rings. The first-order valence-corrected chi connectivity index (χ1v) is 6.01. The summed E-state index contributed by atoms with van der Waals surface area (Å²) >= 11 is 6.05. The molecule has 88 valence electrons.